The SMILES string of the molecule is CC1(c2ccn[nH]2)CC1C(F)(F)F. The Balaban J connectivity index is 2.21. The Bertz CT molecular complexity index is 304. The molecule has 72 valence electrons. The van der Waals surface area contributed by atoms with Gasteiger partial charge in [-0.05, 0) is 12.5 Å². The normalized spacial score (nSPS) is 33.4. The summed E-state index contributed by atoms with van der Waals surface area (Å²) in [5.41, 5.74) is -0.191. The van der Waals surface area contributed by atoms with Gasteiger partial charge in [0.15, 0.2) is 0 Å². The molecule has 0 spiro atoms. The predicted octanol–water partition coefficient (Wildman–Crippen LogP) is 2.25. The van der Waals surface area contributed by atoms with Crippen molar-refractivity contribution < 1.29 is 13.2 Å². The van der Waals surface area contributed by atoms with Crippen molar-refractivity contribution in [1.82, 2.24) is 10.2 Å². The molecule has 2 rings (SSSR count). The maximum absolute atomic E-state index is 12.3. The molecule has 1 aliphatic carbocycles. The van der Waals surface area contributed by atoms with Crippen LogP contribution in [0.4, 0.5) is 13.2 Å². The second kappa shape index (κ2) is 2.27. The molecular weight excluding hydrogens is 181 g/mol. The molecule has 0 bridgehead atoms. The van der Waals surface area contributed by atoms with Gasteiger partial charge in [0.05, 0.1) is 5.92 Å². The number of alkyl halides is 3. The summed E-state index contributed by atoms with van der Waals surface area (Å²) in [6, 6.07) is 1.60. The second-order valence-corrected chi connectivity index (χ2v) is 3.69. The van der Waals surface area contributed by atoms with Crippen LogP contribution in [0.15, 0.2) is 12.3 Å². The van der Waals surface area contributed by atoms with Crippen molar-refractivity contribution in [3.8, 4) is 0 Å². The maximum Gasteiger partial charge on any atom is 0.392 e. The minimum atomic E-state index is -4.08. The third-order valence-electron chi connectivity index (χ3n) is 2.75. The standard InChI is InChI=1S/C8H9F3N2/c1-7(6-2-3-12-13-6)4-5(7)8(9,10)11/h2-3,5H,4H2,1H3,(H,12,13). The molecule has 0 aliphatic heterocycles. The third-order valence-corrected chi connectivity index (χ3v) is 2.75. The quantitative estimate of drug-likeness (QED) is 0.722. The number of nitrogens with zero attached hydrogens (tertiary/aromatic N) is 1. The molecule has 13 heavy (non-hydrogen) atoms. The average Bonchev–Trinajstić information content (AvgIpc) is 2.48. The molecule has 1 fully saturated rings. The van der Waals surface area contributed by atoms with Gasteiger partial charge < -0.3 is 0 Å². The summed E-state index contributed by atoms with van der Waals surface area (Å²) in [6.45, 7) is 1.61. The van der Waals surface area contributed by atoms with Gasteiger partial charge in [0.2, 0.25) is 0 Å². The molecule has 0 amide bonds. The highest BCUT2D eigenvalue weighted by Crippen LogP contribution is 2.60. The lowest BCUT2D eigenvalue weighted by Gasteiger charge is -2.10. The fraction of sp³-hybridized carbons (Fsp3) is 0.625. The van der Waals surface area contributed by atoms with Gasteiger partial charge in [-0.3, -0.25) is 5.10 Å². The Morgan fingerprint density at radius 1 is 1.62 bits per heavy atom. The van der Waals surface area contributed by atoms with E-state index in [9.17, 15) is 13.2 Å². The van der Waals surface area contributed by atoms with Crippen LogP contribution in [0.3, 0.4) is 0 Å². The lowest BCUT2D eigenvalue weighted by atomic mass is 10.0. The summed E-state index contributed by atoms with van der Waals surface area (Å²) >= 11 is 0. The summed E-state index contributed by atoms with van der Waals surface area (Å²) in [5.74, 6) is -1.21. The Kier molecular flexibility index (Phi) is 1.50. The average molecular weight is 190 g/mol. The van der Waals surface area contributed by atoms with Crippen molar-refractivity contribution in [3.05, 3.63) is 18.0 Å². The second-order valence-electron chi connectivity index (χ2n) is 3.69. The molecule has 2 nitrogen and oxygen atoms in total. The van der Waals surface area contributed by atoms with Crippen molar-refractivity contribution in [1.29, 1.82) is 0 Å². The van der Waals surface area contributed by atoms with Crippen LogP contribution in [0.25, 0.3) is 0 Å². The number of halogens is 3. The Labute approximate surface area is 73.1 Å². The van der Waals surface area contributed by atoms with Crippen molar-refractivity contribution in [2.24, 2.45) is 5.92 Å². The van der Waals surface area contributed by atoms with Crippen LogP contribution in [0.2, 0.25) is 0 Å². The summed E-state index contributed by atoms with van der Waals surface area (Å²) < 4.78 is 36.9. The predicted molar refractivity (Wildman–Crippen MR) is 40.1 cm³/mol. The minimum Gasteiger partial charge on any atom is -0.282 e. The Hall–Kier alpha value is -1.00. The number of hydrogen-bond donors (Lipinski definition) is 1. The van der Waals surface area contributed by atoms with Gasteiger partial charge in [0.25, 0.3) is 0 Å². The van der Waals surface area contributed by atoms with Crippen LogP contribution >= 0.6 is 0 Å². The van der Waals surface area contributed by atoms with Crippen LogP contribution in [-0.4, -0.2) is 16.4 Å². The van der Waals surface area contributed by atoms with Crippen molar-refractivity contribution >= 4 is 0 Å². The number of rotatable bonds is 1. The molecule has 1 aromatic rings. The molecule has 0 radical (unpaired) electrons. The van der Waals surface area contributed by atoms with E-state index in [0.717, 1.165) is 0 Å². The van der Waals surface area contributed by atoms with Gasteiger partial charge in [-0.1, -0.05) is 6.92 Å². The number of aromatic nitrogens is 2. The zero-order valence-corrected chi connectivity index (χ0v) is 7.02. The largest absolute Gasteiger partial charge is 0.392 e. The van der Waals surface area contributed by atoms with Gasteiger partial charge in [-0.25, -0.2) is 0 Å². The van der Waals surface area contributed by atoms with Crippen molar-refractivity contribution in [3.63, 3.8) is 0 Å². The number of aromatic amines is 1. The molecular formula is C8H9F3N2. The third kappa shape index (κ3) is 1.22. The van der Waals surface area contributed by atoms with Crippen LogP contribution in [0.5, 0.6) is 0 Å². The van der Waals surface area contributed by atoms with Crippen LogP contribution in [0.1, 0.15) is 19.0 Å². The first-order chi connectivity index (χ1) is 5.94. The maximum atomic E-state index is 12.3. The molecule has 1 saturated carbocycles. The lowest BCUT2D eigenvalue weighted by Crippen LogP contribution is -2.18. The highest BCUT2D eigenvalue weighted by Gasteiger charge is 2.65. The first-order valence-electron chi connectivity index (χ1n) is 4.01. The molecule has 2 atom stereocenters. The molecule has 5 heteroatoms. The molecule has 2 unspecified atom stereocenters. The topological polar surface area (TPSA) is 28.7 Å². The molecule has 1 aliphatic rings. The Morgan fingerprint density at radius 2 is 2.31 bits per heavy atom. The summed E-state index contributed by atoms with van der Waals surface area (Å²) in [6.07, 6.45) is -2.44. The number of nitrogens with one attached hydrogen (secondary N) is 1. The van der Waals surface area contributed by atoms with Crippen LogP contribution in [-0.2, 0) is 5.41 Å². The summed E-state index contributed by atoms with van der Waals surface area (Å²) in [7, 11) is 0. The van der Waals surface area contributed by atoms with E-state index in [1.165, 1.54) is 6.20 Å². The zero-order valence-electron chi connectivity index (χ0n) is 7.02. The monoisotopic (exact) mass is 190 g/mol. The first-order valence-corrected chi connectivity index (χ1v) is 4.01. The molecule has 0 aromatic carbocycles. The van der Waals surface area contributed by atoms with E-state index in [1.807, 2.05) is 0 Å². The van der Waals surface area contributed by atoms with E-state index in [2.05, 4.69) is 10.2 Å². The van der Waals surface area contributed by atoms with Gasteiger partial charge in [0, 0.05) is 17.3 Å². The zero-order chi connectivity index (χ0) is 9.69. The van der Waals surface area contributed by atoms with E-state index >= 15 is 0 Å². The van der Waals surface area contributed by atoms with E-state index in [1.54, 1.807) is 13.0 Å². The van der Waals surface area contributed by atoms with Gasteiger partial charge >= 0.3 is 6.18 Å². The van der Waals surface area contributed by atoms with Gasteiger partial charge in [-0.15, -0.1) is 0 Å². The summed E-state index contributed by atoms with van der Waals surface area (Å²) in [4.78, 5) is 0. The molecule has 1 N–H and O–H groups in total. The molecule has 0 saturated heterocycles. The highest BCUT2D eigenvalue weighted by atomic mass is 19.4. The fourth-order valence-electron chi connectivity index (χ4n) is 1.71. The number of H-pyrrole nitrogens is 1. The lowest BCUT2D eigenvalue weighted by molar-refractivity contribution is -0.152. The van der Waals surface area contributed by atoms with E-state index in [4.69, 9.17) is 0 Å². The van der Waals surface area contributed by atoms with Crippen molar-refractivity contribution in [2.45, 2.75) is 24.9 Å². The fourth-order valence-corrected chi connectivity index (χ4v) is 1.71. The molecule has 1 heterocycles. The first kappa shape index (κ1) is 8.59. The van der Waals surface area contributed by atoms with Crippen molar-refractivity contribution in [2.75, 3.05) is 0 Å². The number of hydrogen-bond acceptors (Lipinski definition) is 1. The van der Waals surface area contributed by atoms with E-state index < -0.39 is 17.5 Å². The van der Waals surface area contributed by atoms with E-state index in [0.29, 0.717) is 5.69 Å². The van der Waals surface area contributed by atoms with Crippen LogP contribution < -0.4 is 0 Å². The minimum absolute atomic E-state index is 0.165. The van der Waals surface area contributed by atoms with Gasteiger partial charge in [0.1, 0.15) is 0 Å². The smallest absolute Gasteiger partial charge is 0.282 e. The summed E-state index contributed by atoms with van der Waals surface area (Å²) in [5, 5.41) is 6.24. The molecule has 1 aromatic heterocycles. The van der Waals surface area contributed by atoms with Crippen LogP contribution in [0, 0.1) is 5.92 Å². The Morgan fingerprint density at radius 3 is 2.69 bits per heavy atom. The highest BCUT2D eigenvalue weighted by molar-refractivity contribution is 5.26. The van der Waals surface area contributed by atoms with Gasteiger partial charge in [-0.2, -0.15) is 18.3 Å². The van der Waals surface area contributed by atoms with E-state index in [-0.39, 0.29) is 6.42 Å².